The Hall–Kier alpha value is -4.15. The molecule has 230 valence electrons. The van der Waals surface area contributed by atoms with E-state index in [0.717, 1.165) is 54.4 Å². The Kier molecular flexibility index (Phi) is 9.41. The number of hydrogen-bond acceptors (Lipinski definition) is 5. The lowest BCUT2D eigenvalue weighted by Gasteiger charge is -2.36. The Balaban J connectivity index is 1.58. The second kappa shape index (κ2) is 13.2. The summed E-state index contributed by atoms with van der Waals surface area (Å²) in [6, 6.07) is 23.8. The van der Waals surface area contributed by atoms with Crippen LogP contribution in [0.25, 0.3) is 11.1 Å². The number of likely N-dealkylation sites (tertiary alicyclic amines) is 1. The van der Waals surface area contributed by atoms with Gasteiger partial charge in [0.1, 0.15) is 11.8 Å². The third-order valence-electron chi connectivity index (χ3n) is 9.44. The summed E-state index contributed by atoms with van der Waals surface area (Å²) < 4.78 is 5.75. The zero-order valence-electron chi connectivity index (χ0n) is 26.1. The van der Waals surface area contributed by atoms with Gasteiger partial charge in [-0.2, -0.15) is 5.26 Å². The third-order valence-corrected chi connectivity index (χ3v) is 9.44. The second-order valence-corrected chi connectivity index (χ2v) is 13.2. The first-order valence-electron chi connectivity index (χ1n) is 15.7. The number of carbonyl (C=O) groups excluding carboxylic acids is 1. The van der Waals surface area contributed by atoms with Crippen molar-refractivity contribution in [2.24, 2.45) is 17.3 Å². The summed E-state index contributed by atoms with van der Waals surface area (Å²) in [6.45, 7) is 6.60. The lowest BCUT2D eigenvalue weighted by Crippen LogP contribution is -2.49. The van der Waals surface area contributed by atoms with Crippen molar-refractivity contribution in [3.8, 4) is 22.9 Å². The van der Waals surface area contributed by atoms with Crippen LogP contribution in [-0.4, -0.2) is 41.1 Å². The largest absolute Gasteiger partial charge is 0.496 e. The maximum absolute atomic E-state index is 14.3. The molecule has 0 radical (unpaired) electrons. The predicted octanol–water partition coefficient (Wildman–Crippen LogP) is 6.97. The normalized spacial score (nSPS) is 22.4. The highest BCUT2D eigenvalue weighted by Crippen LogP contribution is 2.49. The summed E-state index contributed by atoms with van der Waals surface area (Å²) in [4.78, 5) is 29.2. The van der Waals surface area contributed by atoms with Gasteiger partial charge in [0.25, 0.3) is 0 Å². The van der Waals surface area contributed by atoms with Crippen LogP contribution >= 0.6 is 0 Å². The fourth-order valence-electron chi connectivity index (χ4n) is 7.43. The highest BCUT2D eigenvalue weighted by molar-refractivity contribution is 5.87. The van der Waals surface area contributed by atoms with Crippen LogP contribution in [0.2, 0.25) is 0 Å². The molecule has 44 heavy (non-hydrogen) atoms. The van der Waals surface area contributed by atoms with Gasteiger partial charge in [-0.3, -0.25) is 4.79 Å². The number of carboxylic acids is 1. The van der Waals surface area contributed by atoms with Gasteiger partial charge in [0.2, 0.25) is 5.91 Å². The molecular formula is C37H43N3O4. The molecule has 1 saturated carbocycles. The summed E-state index contributed by atoms with van der Waals surface area (Å²) >= 11 is 0. The van der Waals surface area contributed by atoms with E-state index in [9.17, 15) is 20.0 Å². The van der Waals surface area contributed by atoms with Crippen molar-refractivity contribution in [3.63, 3.8) is 0 Å². The van der Waals surface area contributed by atoms with E-state index in [1.807, 2.05) is 66.7 Å². The van der Waals surface area contributed by atoms with Crippen LogP contribution in [0.15, 0.2) is 72.8 Å². The molecule has 0 bridgehead atoms. The zero-order valence-corrected chi connectivity index (χ0v) is 26.1. The van der Waals surface area contributed by atoms with Crippen molar-refractivity contribution < 1.29 is 19.4 Å². The van der Waals surface area contributed by atoms with Crippen LogP contribution < -0.4 is 10.1 Å². The van der Waals surface area contributed by atoms with Crippen LogP contribution in [0, 0.1) is 28.6 Å². The van der Waals surface area contributed by atoms with Gasteiger partial charge in [0.15, 0.2) is 0 Å². The fraction of sp³-hybridized carbons (Fsp3) is 0.432. The molecule has 3 aromatic rings. The van der Waals surface area contributed by atoms with Gasteiger partial charge in [-0.15, -0.1) is 0 Å². The topological polar surface area (TPSA) is 103 Å². The Morgan fingerprint density at radius 2 is 1.68 bits per heavy atom. The molecule has 5 rings (SSSR count). The third kappa shape index (κ3) is 6.23. The number of amides is 1. The highest BCUT2D eigenvalue weighted by atomic mass is 16.5. The first-order valence-corrected chi connectivity index (χ1v) is 15.7. The van der Waals surface area contributed by atoms with Crippen LogP contribution in [0.4, 0.5) is 0 Å². The fourth-order valence-corrected chi connectivity index (χ4v) is 7.43. The van der Waals surface area contributed by atoms with Crippen LogP contribution in [-0.2, 0) is 16.1 Å². The van der Waals surface area contributed by atoms with E-state index in [1.165, 1.54) is 0 Å². The number of ether oxygens (including phenoxy) is 1. The van der Waals surface area contributed by atoms with Crippen molar-refractivity contribution in [2.75, 3.05) is 7.11 Å². The summed E-state index contributed by atoms with van der Waals surface area (Å²) in [7, 11) is 1.63. The minimum absolute atomic E-state index is 0.0443. The number of carboxylic acid groups (broad SMARTS) is 1. The van der Waals surface area contributed by atoms with Gasteiger partial charge in [-0.05, 0) is 53.1 Å². The van der Waals surface area contributed by atoms with E-state index in [1.54, 1.807) is 18.1 Å². The second-order valence-electron chi connectivity index (χ2n) is 13.2. The Morgan fingerprint density at radius 3 is 2.32 bits per heavy atom. The van der Waals surface area contributed by atoms with Crippen LogP contribution in [0.1, 0.15) is 75.6 Å². The van der Waals surface area contributed by atoms with Gasteiger partial charge < -0.3 is 20.1 Å². The molecule has 0 unspecified atom stereocenters. The molecule has 1 aliphatic heterocycles. The van der Waals surface area contributed by atoms with Crippen molar-refractivity contribution in [3.05, 3.63) is 89.5 Å². The molecule has 1 saturated heterocycles. The SMILES string of the molecule is COc1ccc(-c2ccccc2C#N)cc1CN[C@H]1[C@H](C(C)(C)C)[C@@H](C(=O)O)N(C(=O)C2CCCCC2)[C@H]1c1ccccc1. The Bertz CT molecular complexity index is 1520. The van der Waals surface area contributed by atoms with Gasteiger partial charge >= 0.3 is 5.97 Å². The summed E-state index contributed by atoms with van der Waals surface area (Å²) in [5, 5.41) is 24.2. The molecular weight excluding hydrogens is 550 g/mol. The van der Waals surface area contributed by atoms with Gasteiger partial charge in [-0.1, -0.05) is 94.6 Å². The molecule has 2 N–H and O–H groups in total. The first kappa shape index (κ1) is 31.3. The molecule has 2 fully saturated rings. The van der Waals surface area contributed by atoms with Gasteiger partial charge in [0, 0.05) is 30.0 Å². The molecule has 0 spiro atoms. The lowest BCUT2D eigenvalue weighted by molar-refractivity contribution is -0.154. The molecule has 1 heterocycles. The first-order chi connectivity index (χ1) is 21.2. The van der Waals surface area contributed by atoms with Crippen molar-refractivity contribution in [1.29, 1.82) is 5.26 Å². The number of carbonyl (C=O) groups is 2. The van der Waals surface area contributed by atoms with E-state index in [-0.39, 0.29) is 23.8 Å². The predicted molar refractivity (Wildman–Crippen MR) is 171 cm³/mol. The van der Waals surface area contributed by atoms with Crippen molar-refractivity contribution >= 4 is 11.9 Å². The molecule has 7 nitrogen and oxygen atoms in total. The number of nitrogens with zero attached hydrogens (tertiary/aromatic N) is 2. The minimum atomic E-state index is -0.970. The molecule has 3 aromatic carbocycles. The standard InChI is InChI=1S/C37H43N3O4/c1-37(2,3)31-32(39-23-28-21-26(19-20-30(28)44-4)29-18-12-11-17-27(29)22-38)33(24-13-7-5-8-14-24)40(34(31)36(42)43)35(41)25-15-9-6-10-16-25/h5,7-8,11-14,17-21,25,31-34,39H,6,9-10,15-16,23H2,1-4H3,(H,42,43)/t31-,32-,33-,34-/m0/s1. The van der Waals surface area contributed by atoms with E-state index >= 15 is 0 Å². The molecule has 1 aliphatic carbocycles. The Labute approximate surface area is 260 Å². The van der Waals surface area contributed by atoms with E-state index < -0.39 is 23.5 Å². The smallest absolute Gasteiger partial charge is 0.326 e. The van der Waals surface area contributed by atoms with Gasteiger partial charge in [-0.25, -0.2) is 4.79 Å². The number of aliphatic carboxylic acids is 1. The number of rotatable bonds is 8. The molecule has 0 aromatic heterocycles. The molecule has 2 aliphatic rings. The maximum Gasteiger partial charge on any atom is 0.326 e. The van der Waals surface area contributed by atoms with Crippen molar-refractivity contribution in [1.82, 2.24) is 10.2 Å². The molecule has 1 amide bonds. The minimum Gasteiger partial charge on any atom is -0.496 e. The number of nitriles is 1. The van der Waals surface area contributed by atoms with Crippen LogP contribution in [0.5, 0.6) is 5.75 Å². The average molecular weight is 594 g/mol. The van der Waals surface area contributed by atoms with E-state index in [4.69, 9.17) is 4.74 Å². The summed E-state index contributed by atoms with van der Waals surface area (Å²) in [5.74, 6) is -0.842. The van der Waals surface area contributed by atoms with E-state index in [2.05, 4.69) is 32.2 Å². The Morgan fingerprint density at radius 1 is 1.00 bits per heavy atom. The summed E-state index contributed by atoms with van der Waals surface area (Å²) in [6.07, 6.45) is 4.70. The molecule has 4 atom stereocenters. The summed E-state index contributed by atoms with van der Waals surface area (Å²) in [5.41, 5.74) is 3.72. The number of hydrogen-bond donors (Lipinski definition) is 2. The van der Waals surface area contributed by atoms with Gasteiger partial charge in [0.05, 0.1) is 24.8 Å². The zero-order chi connectivity index (χ0) is 31.4. The quantitative estimate of drug-likeness (QED) is 0.292. The number of nitrogens with one attached hydrogen (secondary N) is 1. The van der Waals surface area contributed by atoms with Crippen molar-refractivity contribution in [2.45, 2.75) is 77.5 Å². The number of benzene rings is 3. The van der Waals surface area contributed by atoms with Crippen LogP contribution in [0.3, 0.4) is 0 Å². The lowest BCUT2D eigenvalue weighted by atomic mass is 9.72. The maximum atomic E-state index is 14.3. The number of methoxy groups -OCH3 is 1. The monoisotopic (exact) mass is 593 g/mol. The average Bonchev–Trinajstić information content (AvgIpc) is 3.40. The molecule has 7 heteroatoms. The highest BCUT2D eigenvalue weighted by Gasteiger charge is 2.58. The van der Waals surface area contributed by atoms with E-state index in [0.29, 0.717) is 17.9 Å².